The summed E-state index contributed by atoms with van der Waals surface area (Å²) in [7, 11) is 0. The van der Waals surface area contributed by atoms with E-state index < -0.39 is 11.7 Å². The molecule has 0 aromatic heterocycles. The minimum atomic E-state index is -1.03. The zero-order valence-corrected chi connectivity index (χ0v) is 6.12. The molecular weight excluding hydrogens is 132 g/mol. The predicted octanol–water partition coefficient (Wildman–Crippen LogP) is -1.32. The third-order valence-corrected chi connectivity index (χ3v) is 1.93. The SMILES string of the molecule is C[C@]1(O)CN(N)CC[C@H]1O. The number of β-amino-alcohol motifs (C(OH)–C–C–N with tert-alkyl or cyclic N) is 1. The van der Waals surface area contributed by atoms with Gasteiger partial charge in [0.2, 0.25) is 0 Å². The van der Waals surface area contributed by atoms with E-state index in [4.69, 9.17) is 5.84 Å². The van der Waals surface area contributed by atoms with E-state index in [0.29, 0.717) is 19.5 Å². The molecule has 0 spiro atoms. The zero-order chi connectivity index (χ0) is 7.78. The molecule has 0 aliphatic carbocycles. The van der Waals surface area contributed by atoms with Crippen molar-refractivity contribution in [2.24, 2.45) is 5.84 Å². The number of nitrogens with zero attached hydrogens (tertiary/aromatic N) is 1. The van der Waals surface area contributed by atoms with E-state index >= 15 is 0 Å². The highest BCUT2D eigenvalue weighted by molar-refractivity contribution is 4.88. The molecule has 1 aliphatic rings. The quantitative estimate of drug-likeness (QED) is 0.371. The van der Waals surface area contributed by atoms with Crippen LogP contribution in [0.4, 0.5) is 0 Å². The summed E-state index contributed by atoms with van der Waals surface area (Å²) in [4.78, 5) is 0. The van der Waals surface area contributed by atoms with Gasteiger partial charge >= 0.3 is 0 Å². The van der Waals surface area contributed by atoms with Crippen LogP contribution in [0.25, 0.3) is 0 Å². The minimum Gasteiger partial charge on any atom is -0.390 e. The van der Waals surface area contributed by atoms with E-state index in [9.17, 15) is 10.2 Å². The van der Waals surface area contributed by atoms with Crippen molar-refractivity contribution >= 4 is 0 Å². The van der Waals surface area contributed by atoms with Gasteiger partial charge < -0.3 is 10.2 Å². The number of aliphatic hydroxyl groups is 2. The van der Waals surface area contributed by atoms with E-state index in [2.05, 4.69) is 0 Å². The van der Waals surface area contributed by atoms with Crippen LogP contribution in [0.3, 0.4) is 0 Å². The van der Waals surface area contributed by atoms with Crippen LogP contribution in [0.1, 0.15) is 13.3 Å². The third-order valence-electron chi connectivity index (χ3n) is 1.93. The number of nitrogens with two attached hydrogens (primary N) is 1. The molecular formula is C6H14N2O2. The topological polar surface area (TPSA) is 69.7 Å². The third kappa shape index (κ3) is 1.46. The molecule has 0 saturated carbocycles. The second-order valence-corrected chi connectivity index (χ2v) is 3.13. The summed E-state index contributed by atoms with van der Waals surface area (Å²) in [6.45, 7) is 2.59. The largest absolute Gasteiger partial charge is 0.390 e. The highest BCUT2D eigenvalue weighted by Gasteiger charge is 2.35. The van der Waals surface area contributed by atoms with Crippen molar-refractivity contribution in [3.05, 3.63) is 0 Å². The average molecular weight is 146 g/mol. The van der Waals surface area contributed by atoms with Crippen LogP contribution >= 0.6 is 0 Å². The summed E-state index contributed by atoms with van der Waals surface area (Å²) in [6, 6.07) is 0. The van der Waals surface area contributed by atoms with Crippen molar-refractivity contribution in [1.29, 1.82) is 0 Å². The predicted molar refractivity (Wildman–Crippen MR) is 37.0 cm³/mol. The summed E-state index contributed by atoms with van der Waals surface area (Å²) >= 11 is 0. The summed E-state index contributed by atoms with van der Waals surface area (Å²) in [5, 5.41) is 20.2. The summed E-state index contributed by atoms with van der Waals surface area (Å²) in [5.74, 6) is 5.43. The van der Waals surface area contributed by atoms with Gasteiger partial charge in [-0.25, -0.2) is 5.01 Å². The molecule has 0 aromatic rings. The fourth-order valence-electron chi connectivity index (χ4n) is 1.19. The molecule has 0 aromatic carbocycles. The van der Waals surface area contributed by atoms with Gasteiger partial charge in [-0.15, -0.1) is 0 Å². The van der Waals surface area contributed by atoms with E-state index in [1.54, 1.807) is 6.92 Å². The molecule has 1 rings (SSSR count). The maximum atomic E-state index is 9.44. The van der Waals surface area contributed by atoms with Crippen molar-refractivity contribution in [1.82, 2.24) is 5.01 Å². The molecule has 0 amide bonds. The molecule has 4 N–H and O–H groups in total. The van der Waals surface area contributed by atoms with Crippen LogP contribution < -0.4 is 5.84 Å². The number of rotatable bonds is 0. The Morgan fingerprint density at radius 3 is 2.70 bits per heavy atom. The average Bonchev–Trinajstić information content (AvgIpc) is 1.78. The highest BCUT2D eigenvalue weighted by atomic mass is 16.3. The number of piperidine rings is 1. The Morgan fingerprint density at radius 1 is 1.70 bits per heavy atom. The molecule has 4 nitrogen and oxygen atoms in total. The standard InChI is InChI=1S/C6H14N2O2/c1-6(10)4-8(7)3-2-5(6)9/h5,9-10H,2-4,7H2,1H3/t5-,6+/m1/s1. The molecule has 0 bridgehead atoms. The first kappa shape index (κ1) is 7.94. The van der Waals surface area contributed by atoms with Gasteiger partial charge in [0, 0.05) is 13.1 Å². The molecule has 1 saturated heterocycles. The van der Waals surface area contributed by atoms with Gasteiger partial charge in [-0.1, -0.05) is 0 Å². The normalized spacial score (nSPS) is 43.8. The van der Waals surface area contributed by atoms with E-state index in [-0.39, 0.29) is 0 Å². The van der Waals surface area contributed by atoms with Crippen LogP contribution in [-0.2, 0) is 0 Å². The lowest BCUT2D eigenvalue weighted by Crippen LogP contribution is -2.57. The van der Waals surface area contributed by atoms with Crippen LogP contribution in [0, 0.1) is 0 Å². The van der Waals surface area contributed by atoms with Crippen LogP contribution in [0.15, 0.2) is 0 Å². The lowest BCUT2D eigenvalue weighted by atomic mass is 9.93. The summed E-state index contributed by atoms with van der Waals surface area (Å²) in [5.41, 5.74) is -1.03. The fraction of sp³-hybridized carbons (Fsp3) is 1.00. The van der Waals surface area contributed by atoms with Gasteiger partial charge in [0.25, 0.3) is 0 Å². The second kappa shape index (κ2) is 2.47. The lowest BCUT2D eigenvalue weighted by molar-refractivity contribution is -0.109. The van der Waals surface area contributed by atoms with Crippen molar-refractivity contribution in [3.63, 3.8) is 0 Å². The highest BCUT2D eigenvalue weighted by Crippen LogP contribution is 2.18. The number of hydrogen-bond acceptors (Lipinski definition) is 4. The molecule has 1 heterocycles. The Labute approximate surface area is 60.2 Å². The molecule has 0 radical (unpaired) electrons. The lowest BCUT2D eigenvalue weighted by Gasteiger charge is -2.38. The van der Waals surface area contributed by atoms with Gasteiger partial charge in [0.15, 0.2) is 0 Å². The van der Waals surface area contributed by atoms with Gasteiger partial charge in [-0.2, -0.15) is 0 Å². The van der Waals surface area contributed by atoms with Gasteiger partial charge in [-0.3, -0.25) is 5.84 Å². The van der Waals surface area contributed by atoms with Gasteiger partial charge in [0.1, 0.15) is 5.60 Å². The first-order valence-corrected chi connectivity index (χ1v) is 3.42. The first-order valence-electron chi connectivity index (χ1n) is 3.42. The summed E-state index contributed by atoms with van der Waals surface area (Å²) in [6.07, 6.45) is -0.0870. The zero-order valence-electron chi connectivity index (χ0n) is 6.12. The second-order valence-electron chi connectivity index (χ2n) is 3.13. The van der Waals surface area contributed by atoms with Crippen molar-refractivity contribution in [3.8, 4) is 0 Å². The fourth-order valence-corrected chi connectivity index (χ4v) is 1.19. The van der Waals surface area contributed by atoms with E-state index in [0.717, 1.165) is 0 Å². The smallest absolute Gasteiger partial charge is 0.102 e. The van der Waals surface area contributed by atoms with Gasteiger partial charge in [0.05, 0.1) is 6.10 Å². The molecule has 1 aliphatic heterocycles. The van der Waals surface area contributed by atoms with Crippen LogP contribution in [-0.4, -0.2) is 40.0 Å². The molecule has 4 heteroatoms. The van der Waals surface area contributed by atoms with E-state index in [1.807, 2.05) is 0 Å². The Morgan fingerprint density at radius 2 is 2.30 bits per heavy atom. The molecule has 60 valence electrons. The van der Waals surface area contributed by atoms with Gasteiger partial charge in [-0.05, 0) is 13.3 Å². The van der Waals surface area contributed by atoms with Crippen molar-refractivity contribution in [2.45, 2.75) is 25.0 Å². The molecule has 1 fully saturated rings. The maximum Gasteiger partial charge on any atom is 0.102 e. The Bertz CT molecular complexity index is 127. The Balaban J connectivity index is 2.55. The number of hydrazine groups is 1. The number of aliphatic hydroxyl groups excluding tert-OH is 1. The molecule has 10 heavy (non-hydrogen) atoms. The van der Waals surface area contributed by atoms with Crippen LogP contribution in [0.5, 0.6) is 0 Å². The summed E-state index contributed by atoms with van der Waals surface area (Å²) < 4.78 is 0. The minimum absolute atomic E-state index is 0.341. The van der Waals surface area contributed by atoms with Crippen molar-refractivity contribution in [2.75, 3.05) is 13.1 Å². The first-order chi connectivity index (χ1) is 4.52. The Hall–Kier alpha value is -0.160. The van der Waals surface area contributed by atoms with Crippen LogP contribution in [0.2, 0.25) is 0 Å². The monoisotopic (exact) mass is 146 g/mol. The number of hydrogen-bond donors (Lipinski definition) is 3. The molecule has 2 atom stereocenters. The maximum absolute atomic E-state index is 9.44. The van der Waals surface area contributed by atoms with E-state index in [1.165, 1.54) is 5.01 Å². The van der Waals surface area contributed by atoms with Crippen molar-refractivity contribution < 1.29 is 10.2 Å². The Kier molecular flexibility index (Phi) is 1.96. The molecule has 0 unspecified atom stereocenters.